The molecule has 0 saturated heterocycles. The summed E-state index contributed by atoms with van der Waals surface area (Å²) in [5, 5.41) is 1.01. The molecule has 410 valence electrons. The molecule has 3 heterocycles. The van der Waals surface area contributed by atoms with Crippen LogP contribution < -0.4 is 26.2 Å². The van der Waals surface area contributed by atoms with Crippen LogP contribution in [0.5, 0.6) is 0 Å². The van der Waals surface area contributed by atoms with Crippen LogP contribution in [0, 0.1) is 0 Å². The molecule has 0 bridgehead atoms. The van der Waals surface area contributed by atoms with Crippen LogP contribution in [0.25, 0.3) is 31.9 Å². The van der Waals surface area contributed by atoms with Gasteiger partial charge in [0.2, 0.25) is 0 Å². The van der Waals surface area contributed by atoms with E-state index in [1.165, 1.54) is 88.1 Å². The highest BCUT2D eigenvalue weighted by Crippen LogP contribution is 2.52. The van der Waals surface area contributed by atoms with Crippen LogP contribution in [0.3, 0.4) is 0 Å². The third-order valence-electron chi connectivity index (χ3n) is 17.7. The fourth-order valence-corrected chi connectivity index (χ4v) is 14.0. The number of fused-ring (bicyclic) bond motifs is 5. The molecule has 3 nitrogen and oxygen atoms in total. The van der Waals surface area contributed by atoms with Crippen LogP contribution >= 0.6 is 11.3 Å². The molecule has 0 N–H and O–H groups in total. The highest BCUT2D eigenvalue weighted by Gasteiger charge is 2.47. The lowest BCUT2D eigenvalue weighted by molar-refractivity contribution is 0.590. The maximum atomic E-state index is 5.57. The zero-order chi connectivity index (χ0) is 57.8. The van der Waals surface area contributed by atoms with E-state index in [4.69, 9.17) is 4.98 Å². The standard InChI is InChI=1S/C78H74BN3S/c1-74(2,3)54-34-32-52(33-35-54)51-28-30-53(31-29-51)73-80-66-50-68-65(49-71(66)83-73)79-64-46-60(77(10,11)12)40-45-67(64)81(62-41-36-55(37-42-62)75(4,5)6)69-47-61(48-70(72(69)79)82(68)63-43-38-56(39-44-63)76(7,8)9)78(57-22-16-13-17-23-57,58-24-18-14-19-25-58)59-26-20-15-21-27-59/h13-50H,1-12H3. The van der Waals surface area contributed by atoms with E-state index in [0.717, 1.165) is 38.8 Å². The minimum atomic E-state index is -0.732. The van der Waals surface area contributed by atoms with Crippen molar-refractivity contribution in [3.05, 3.63) is 275 Å². The number of rotatable bonds is 8. The summed E-state index contributed by atoms with van der Waals surface area (Å²) in [6.45, 7) is 27.6. The maximum Gasteiger partial charge on any atom is 0.252 e. The van der Waals surface area contributed by atoms with Crippen LogP contribution in [-0.4, -0.2) is 11.7 Å². The minimum absolute atomic E-state index is 0.0122. The van der Waals surface area contributed by atoms with Gasteiger partial charge in [-0.1, -0.05) is 259 Å². The van der Waals surface area contributed by atoms with Gasteiger partial charge >= 0.3 is 0 Å². The van der Waals surface area contributed by atoms with E-state index in [0.29, 0.717) is 0 Å². The Bertz CT molecular complexity index is 4100. The van der Waals surface area contributed by atoms with Gasteiger partial charge in [0, 0.05) is 39.7 Å². The van der Waals surface area contributed by atoms with Gasteiger partial charge in [-0.05, 0) is 148 Å². The van der Waals surface area contributed by atoms with E-state index in [1.807, 2.05) is 0 Å². The predicted molar refractivity (Wildman–Crippen MR) is 358 cm³/mol. The fourth-order valence-electron chi connectivity index (χ4n) is 13.0. The van der Waals surface area contributed by atoms with E-state index in [1.54, 1.807) is 11.3 Å². The quantitative estimate of drug-likeness (QED) is 0.112. The first-order valence-corrected chi connectivity index (χ1v) is 30.4. The Morgan fingerprint density at radius 1 is 0.325 bits per heavy atom. The number of aromatic nitrogens is 1. The Morgan fingerprint density at radius 2 is 0.711 bits per heavy atom. The molecule has 13 rings (SSSR count). The number of hydrogen-bond acceptors (Lipinski definition) is 4. The van der Waals surface area contributed by atoms with Gasteiger partial charge in [-0.2, -0.15) is 0 Å². The topological polar surface area (TPSA) is 19.4 Å². The van der Waals surface area contributed by atoms with Crippen molar-refractivity contribution in [2.45, 2.75) is 110 Å². The van der Waals surface area contributed by atoms with E-state index >= 15 is 0 Å². The molecular formula is C78H74BN3S. The third-order valence-corrected chi connectivity index (χ3v) is 18.8. The van der Waals surface area contributed by atoms with Crippen LogP contribution in [0.2, 0.25) is 0 Å². The predicted octanol–water partition coefficient (Wildman–Crippen LogP) is 19.3. The fraction of sp³-hybridized carbons (Fsp3) is 0.218. The SMILES string of the molecule is CC(C)(C)c1ccc(-c2ccc(-c3nc4cc5c(cc4s3)B3c4cc(C(C)(C)C)ccc4N(c4ccc(C(C)(C)C)cc4)c4cc(C(c6ccccc6)(c6ccccc6)c6ccccc6)cc(c43)N5c3ccc(C(C)(C)C)cc3)cc2)cc1. The summed E-state index contributed by atoms with van der Waals surface area (Å²) in [5.74, 6) is 0. The van der Waals surface area contributed by atoms with Crippen LogP contribution in [0.1, 0.15) is 128 Å². The van der Waals surface area contributed by atoms with E-state index in [-0.39, 0.29) is 28.4 Å². The van der Waals surface area contributed by atoms with E-state index in [9.17, 15) is 0 Å². The molecule has 0 saturated carbocycles. The van der Waals surface area contributed by atoms with Gasteiger partial charge in [0.1, 0.15) is 5.01 Å². The first-order valence-electron chi connectivity index (χ1n) is 29.6. The molecule has 0 fully saturated rings. The number of thiazole rings is 1. The summed E-state index contributed by atoms with van der Waals surface area (Å²) in [5.41, 5.74) is 24.6. The monoisotopic (exact) mass is 1100 g/mol. The third kappa shape index (κ3) is 9.42. The smallest absolute Gasteiger partial charge is 0.252 e. The van der Waals surface area contributed by atoms with Crippen molar-refractivity contribution in [1.29, 1.82) is 0 Å². The molecule has 2 aliphatic rings. The lowest BCUT2D eigenvalue weighted by atomic mass is 9.33. The molecule has 0 unspecified atom stereocenters. The Kier molecular flexibility index (Phi) is 13.0. The second-order valence-electron chi connectivity index (χ2n) is 27.3. The molecule has 11 aromatic rings. The zero-order valence-corrected chi connectivity index (χ0v) is 51.1. The van der Waals surface area contributed by atoms with Crippen LogP contribution in [-0.2, 0) is 27.1 Å². The number of hydrogen-bond donors (Lipinski definition) is 0. The van der Waals surface area contributed by atoms with Crippen molar-refractivity contribution >= 4 is 78.8 Å². The zero-order valence-electron chi connectivity index (χ0n) is 50.3. The molecule has 1 aromatic heterocycles. The summed E-state index contributed by atoms with van der Waals surface area (Å²) in [6.07, 6.45) is 0. The van der Waals surface area contributed by atoms with Gasteiger partial charge in [0.05, 0.1) is 15.6 Å². The number of benzene rings is 10. The molecule has 5 heteroatoms. The number of anilines is 6. The Morgan fingerprint density at radius 3 is 1.16 bits per heavy atom. The summed E-state index contributed by atoms with van der Waals surface area (Å²) >= 11 is 1.80. The molecule has 2 aliphatic heterocycles. The lowest BCUT2D eigenvalue weighted by Crippen LogP contribution is -2.61. The summed E-state index contributed by atoms with van der Waals surface area (Å²) in [7, 11) is 0. The van der Waals surface area contributed by atoms with E-state index in [2.05, 4.69) is 323 Å². The highest BCUT2D eigenvalue weighted by atomic mass is 32.1. The molecule has 0 amide bonds. The lowest BCUT2D eigenvalue weighted by Gasteiger charge is -2.46. The minimum Gasteiger partial charge on any atom is -0.311 e. The van der Waals surface area contributed by atoms with Crippen molar-refractivity contribution in [3.63, 3.8) is 0 Å². The van der Waals surface area contributed by atoms with Gasteiger partial charge in [-0.3, -0.25) is 0 Å². The van der Waals surface area contributed by atoms with Gasteiger partial charge in [0.25, 0.3) is 6.71 Å². The van der Waals surface area contributed by atoms with Crippen molar-refractivity contribution in [1.82, 2.24) is 4.98 Å². The second kappa shape index (κ2) is 20.0. The summed E-state index contributed by atoms with van der Waals surface area (Å²) in [6, 6.07) is 87.9. The molecule has 10 aromatic carbocycles. The molecule has 0 aliphatic carbocycles. The first-order chi connectivity index (χ1) is 39.7. The molecule has 0 radical (unpaired) electrons. The maximum absolute atomic E-state index is 5.57. The van der Waals surface area contributed by atoms with Gasteiger partial charge in [0.15, 0.2) is 0 Å². The summed E-state index contributed by atoms with van der Waals surface area (Å²) in [4.78, 5) is 10.8. The normalized spacial score (nSPS) is 13.5. The largest absolute Gasteiger partial charge is 0.311 e. The van der Waals surface area contributed by atoms with Crippen molar-refractivity contribution in [2.75, 3.05) is 9.80 Å². The molecule has 0 atom stereocenters. The average Bonchev–Trinajstić information content (AvgIpc) is 2.42. The van der Waals surface area contributed by atoms with Crippen LogP contribution in [0.15, 0.2) is 231 Å². The van der Waals surface area contributed by atoms with Crippen molar-refractivity contribution in [2.24, 2.45) is 0 Å². The second-order valence-corrected chi connectivity index (χ2v) is 28.3. The Hall–Kier alpha value is -8.25. The van der Waals surface area contributed by atoms with Gasteiger partial charge in [-0.25, -0.2) is 4.98 Å². The van der Waals surface area contributed by atoms with Crippen molar-refractivity contribution < 1.29 is 0 Å². The van der Waals surface area contributed by atoms with Gasteiger partial charge < -0.3 is 9.80 Å². The number of nitrogens with zero attached hydrogens (tertiary/aromatic N) is 3. The van der Waals surface area contributed by atoms with Crippen LogP contribution in [0.4, 0.5) is 34.1 Å². The summed E-state index contributed by atoms with van der Waals surface area (Å²) < 4.78 is 1.18. The van der Waals surface area contributed by atoms with Crippen molar-refractivity contribution in [3.8, 4) is 21.7 Å². The Balaban J connectivity index is 1.12. The highest BCUT2D eigenvalue weighted by molar-refractivity contribution is 7.21. The molecular weight excluding hydrogens is 1020 g/mol. The first kappa shape index (κ1) is 54.0. The molecule has 83 heavy (non-hydrogen) atoms. The molecule has 0 spiro atoms. The van der Waals surface area contributed by atoms with Gasteiger partial charge in [-0.15, -0.1) is 11.3 Å². The average molecular weight is 1100 g/mol. The van der Waals surface area contributed by atoms with E-state index < -0.39 is 5.41 Å². The Labute approximate surface area is 497 Å².